The summed E-state index contributed by atoms with van der Waals surface area (Å²) < 4.78 is 5.51. The van der Waals surface area contributed by atoms with Gasteiger partial charge in [0.1, 0.15) is 0 Å². The Morgan fingerprint density at radius 2 is 2.30 bits per heavy atom. The van der Waals surface area contributed by atoms with E-state index in [1.807, 2.05) is 0 Å². The number of H-pyrrole nitrogens is 1. The molecule has 0 unspecified atom stereocenters. The SMILES string of the molecule is Nc1ccc2nc(NCCOCC3CC3)[nH]c(=O)c2c1. The first-order valence-electron chi connectivity index (χ1n) is 6.83. The third kappa shape index (κ3) is 3.08. The van der Waals surface area contributed by atoms with Crippen molar-refractivity contribution in [3.8, 4) is 0 Å². The van der Waals surface area contributed by atoms with Crippen LogP contribution in [-0.4, -0.2) is 29.7 Å². The van der Waals surface area contributed by atoms with Crippen molar-refractivity contribution < 1.29 is 4.74 Å². The molecule has 2 aromatic rings. The molecule has 0 atom stereocenters. The zero-order chi connectivity index (χ0) is 13.9. The normalized spacial score (nSPS) is 14.6. The molecule has 6 nitrogen and oxygen atoms in total. The number of benzene rings is 1. The highest BCUT2D eigenvalue weighted by molar-refractivity contribution is 5.81. The van der Waals surface area contributed by atoms with Gasteiger partial charge in [-0.3, -0.25) is 9.78 Å². The Kier molecular flexibility index (Phi) is 3.56. The smallest absolute Gasteiger partial charge is 0.260 e. The highest BCUT2D eigenvalue weighted by Crippen LogP contribution is 2.28. The lowest BCUT2D eigenvalue weighted by Crippen LogP contribution is -2.17. The van der Waals surface area contributed by atoms with Gasteiger partial charge < -0.3 is 15.8 Å². The molecule has 0 amide bonds. The van der Waals surface area contributed by atoms with Crippen LogP contribution in [0.3, 0.4) is 0 Å². The van der Waals surface area contributed by atoms with Crippen LogP contribution in [0.4, 0.5) is 11.6 Å². The number of aromatic nitrogens is 2. The van der Waals surface area contributed by atoms with Crippen LogP contribution in [0.15, 0.2) is 23.0 Å². The maximum Gasteiger partial charge on any atom is 0.260 e. The maximum absolute atomic E-state index is 11.9. The molecule has 106 valence electrons. The number of rotatable bonds is 6. The highest BCUT2D eigenvalue weighted by Gasteiger charge is 2.20. The summed E-state index contributed by atoms with van der Waals surface area (Å²) in [6.07, 6.45) is 2.58. The van der Waals surface area contributed by atoms with Crippen molar-refractivity contribution in [3.63, 3.8) is 0 Å². The average Bonchev–Trinajstić information content (AvgIpc) is 3.23. The molecule has 1 aromatic heterocycles. The van der Waals surface area contributed by atoms with Crippen LogP contribution >= 0.6 is 0 Å². The van der Waals surface area contributed by atoms with E-state index in [0.717, 1.165) is 12.5 Å². The number of nitrogens with zero attached hydrogens (tertiary/aromatic N) is 1. The first-order valence-corrected chi connectivity index (χ1v) is 6.83. The number of nitrogens with two attached hydrogens (primary N) is 1. The van der Waals surface area contributed by atoms with Crippen LogP contribution in [-0.2, 0) is 4.74 Å². The predicted octanol–water partition coefficient (Wildman–Crippen LogP) is 1.34. The van der Waals surface area contributed by atoms with E-state index in [2.05, 4.69) is 15.3 Å². The van der Waals surface area contributed by atoms with Crippen LogP contribution in [0.1, 0.15) is 12.8 Å². The van der Waals surface area contributed by atoms with Gasteiger partial charge in [-0.15, -0.1) is 0 Å². The van der Waals surface area contributed by atoms with E-state index in [1.165, 1.54) is 12.8 Å². The zero-order valence-electron chi connectivity index (χ0n) is 11.2. The number of fused-ring (bicyclic) bond motifs is 1. The van der Waals surface area contributed by atoms with Crippen molar-refractivity contribution >= 4 is 22.5 Å². The summed E-state index contributed by atoms with van der Waals surface area (Å²) in [4.78, 5) is 19.0. The summed E-state index contributed by atoms with van der Waals surface area (Å²) in [5, 5.41) is 3.56. The third-order valence-electron chi connectivity index (χ3n) is 3.32. The molecule has 1 aromatic carbocycles. The van der Waals surface area contributed by atoms with Gasteiger partial charge in [-0.25, -0.2) is 4.98 Å². The lowest BCUT2D eigenvalue weighted by molar-refractivity contribution is 0.133. The standard InChI is InChI=1S/C14H18N4O2/c15-10-3-4-12-11(7-10)13(19)18-14(17-12)16-5-6-20-8-9-1-2-9/h3-4,7,9H,1-2,5-6,8,15H2,(H2,16,17,18,19). The summed E-state index contributed by atoms with van der Waals surface area (Å²) in [5.41, 5.74) is 6.65. The first-order chi connectivity index (χ1) is 9.72. The van der Waals surface area contributed by atoms with E-state index in [1.54, 1.807) is 18.2 Å². The van der Waals surface area contributed by atoms with Gasteiger partial charge in [-0.05, 0) is 37.0 Å². The fourth-order valence-corrected chi connectivity index (χ4v) is 2.02. The molecule has 0 aliphatic heterocycles. The summed E-state index contributed by atoms with van der Waals surface area (Å²) >= 11 is 0. The number of nitrogens with one attached hydrogen (secondary N) is 2. The Balaban J connectivity index is 1.62. The van der Waals surface area contributed by atoms with Crippen LogP contribution < -0.4 is 16.6 Å². The van der Waals surface area contributed by atoms with Gasteiger partial charge in [0.05, 0.1) is 17.5 Å². The summed E-state index contributed by atoms with van der Waals surface area (Å²) in [5.74, 6) is 1.22. The van der Waals surface area contributed by atoms with E-state index in [9.17, 15) is 4.79 Å². The molecule has 1 saturated carbocycles. The second-order valence-corrected chi connectivity index (χ2v) is 5.14. The molecule has 20 heavy (non-hydrogen) atoms. The van der Waals surface area contributed by atoms with Crippen LogP contribution in [0.5, 0.6) is 0 Å². The van der Waals surface area contributed by atoms with Crippen molar-refractivity contribution in [1.29, 1.82) is 0 Å². The average molecular weight is 274 g/mol. The van der Waals surface area contributed by atoms with Crippen molar-refractivity contribution in [2.75, 3.05) is 30.8 Å². The molecule has 0 radical (unpaired) electrons. The van der Waals surface area contributed by atoms with Crippen molar-refractivity contribution in [3.05, 3.63) is 28.6 Å². The van der Waals surface area contributed by atoms with Gasteiger partial charge in [-0.2, -0.15) is 0 Å². The topological polar surface area (TPSA) is 93.0 Å². The molecule has 1 fully saturated rings. The van der Waals surface area contributed by atoms with E-state index >= 15 is 0 Å². The predicted molar refractivity (Wildman–Crippen MR) is 78.8 cm³/mol. The highest BCUT2D eigenvalue weighted by atomic mass is 16.5. The molecule has 1 aliphatic carbocycles. The van der Waals surface area contributed by atoms with Gasteiger partial charge in [0.15, 0.2) is 0 Å². The lowest BCUT2D eigenvalue weighted by Gasteiger charge is -2.07. The number of anilines is 2. The Morgan fingerprint density at radius 3 is 3.10 bits per heavy atom. The Labute approximate surface area is 116 Å². The fraction of sp³-hybridized carbons (Fsp3) is 0.429. The van der Waals surface area contributed by atoms with Crippen LogP contribution in [0.25, 0.3) is 10.9 Å². The molecule has 3 rings (SSSR count). The largest absolute Gasteiger partial charge is 0.399 e. The molecule has 4 N–H and O–H groups in total. The molecular weight excluding hydrogens is 256 g/mol. The number of nitrogen functional groups attached to an aromatic ring is 1. The Hall–Kier alpha value is -2.08. The number of ether oxygens (including phenoxy) is 1. The minimum atomic E-state index is -0.191. The molecule has 0 spiro atoms. The van der Waals surface area contributed by atoms with Crippen molar-refractivity contribution in [2.45, 2.75) is 12.8 Å². The van der Waals surface area contributed by atoms with Crippen LogP contribution in [0, 0.1) is 5.92 Å². The van der Waals surface area contributed by atoms with E-state index < -0.39 is 0 Å². The molecular formula is C14H18N4O2. The molecule has 6 heteroatoms. The monoisotopic (exact) mass is 274 g/mol. The van der Waals surface area contributed by atoms with Crippen molar-refractivity contribution in [2.24, 2.45) is 5.92 Å². The second kappa shape index (κ2) is 5.50. The summed E-state index contributed by atoms with van der Waals surface area (Å²) in [6.45, 7) is 2.07. The fourth-order valence-electron chi connectivity index (χ4n) is 2.02. The molecule has 1 aliphatic rings. The third-order valence-corrected chi connectivity index (χ3v) is 3.32. The van der Waals surface area contributed by atoms with Crippen LogP contribution in [0.2, 0.25) is 0 Å². The summed E-state index contributed by atoms with van der Waals surface area (Å²) in [6, 6.07) is 5.11. The molecule has 0 bridgehead atoms. The van der Waals surface area contributed by atoms with Gasteiger partial charge in [0, 0.05) is 18.8 Å². The number of hydrogen-bond donors (Lipinski definition) is 3. The lowest BCUT2D eigenvalue weighted by atomic mass is 10.2. The van der Waals surface area contributed by atoms with Gasteiger partial charge in [-0.1, -0.05) is 0 Å². The minimum absolute atomic E-state index is 0.191. The minimum Gasteiger partial charge on any atom is -0.399 e. The zero-order valence-corrected chi connectivity index (χ0v) is 11.2. The molecule has 1 heterocycles. The van der Waals surface area contributed by atoms with E-state index in [4.69, 9.17) is 10.5 Å². The van der Waals surface area contributed by atoms with Gasteiger partial charge >= 0.3 is 0 Å². The Morgan fingerprint density at radius 1 is 1.45 bits per heavy atom. The second-order valence-electron chi connectivity index (χ2n) is 5.14. The Bertz CT molecular complexity index is 664. The first kappa shape index (κ1) is 12.9. The molecule has 0 saturated heterocycles. The van der Waals surface area contributed by atoms with E-state index in [0.29, 0.717) is 35.7 Å². The van der Waals surface area contributed by atoms with Crippen molar-refractivity contribution in [1.82, 2.24) is 9.97 Å². The number of aromatic amines is 1. The van der Waals surface area contributed by atoms with Gasteiger partial charge in [0.2, 0.25) is 5.95 Å². The number of hydrogen-bond acceptors (Lipinski definition) is 5. The summed E-state index contributed by atoms with van der Waals surface area (Å²) in [7, 11) is 0. The maximum atomic E-state index is 11.9. The van der Waals surface area contributed by atoms with Gasteiger partial charge in [0.25, 0.3) is 5.56 Å². The van der Waals surface area contributed by atoms with E-state index in [-0.39, 0.29) is 5.56 Å². The quantitative estimate of drug-likeness (QED) is 0.546.